The summed E-state index contributed by atoms with van der Waals surface area (Å²) in [5.74, 6) is -1.53. The topological polar surface area (TPSA) is 100 Å². The second-order valence-corrected chi connectivity index (χ2v) is 9.03. The molecule has 0 saturated carbocycles. The number of aryl methyl sites for hydroxylation is 1. The molecular formula is C27H25N3O4S. The Balaban J connectivity index is 1.37. The highest BCUT2D eigenvalue weighted by atomic mass is 32.2. The van der Waals surface area contributed by atoms with Gasteiger partial charge in [-0.25, -0.2) is 4.79 Å². The van der Waals surface area contributed by atoms with Gasteiger partial charge in [-0.2, -0.15) is 0 Å². The molecule has 0 aliphatic carbocycles. The first-order chi connectivity index (χ1) is 16.9. The van der Waals surface area contributed by atoms with Gasteiger partial charge in [0.2, 0.25) is 11.8 Å². The molecule has 4 aromatic rings. The van der Waals surface area contributed by atoms with E-state index in [1.165, 1.54) is 24.2 Å². The number of nitrogens with one attached hydrogen (secondary N) is 2. The molecular weight excluding hydrogens is 462 g/mol. The highest BCUT2D eigenvalue weighted by molar-refractivity contribution is 8.00. The number of carboxylic acids is 1. The third-order valence-corrected chi connectivity index (χ3v) is 6.56. The Bertz CT molecular complexity index is 1450. The van der Waals surface area contributed by atoms with Crippen molar-refractivity contribution in [3.63, 3.8) is 0 Å². The van der Waals surface area contributed by atoms with E-state index in [4.69, 9.17) is 5.11 Å². The molecule has 35 heavy (non-hydrogen) atoms. The van der Waals surface area contributed by atoms with Crippen molar-refractivity contribution in [1.29, 1.82) is 0 Å². The largest absolute Gasteiger partial charge is 0.478 e. The standard InChI is InChI=1S/C27H25N3O4S/c1-3-30-23-7-5-4-6-21(23)22-15-19(10-13-24(22)30)29-26(32)16-35-20-11-8-18(9-12-20)28-25(31)14-17(2)27(33)34/h4-15H,3,16H2,1-2H3,(H,28,31)(H,29,32)(H,33,34)/b17-14-. The summed E-state index contributed by atoms with van der Waals surface area (Å²) in [6.45, 7) is 4.35. The van der Waals surface area contributed by atoms with Crippen molar-refractivity contribution in [2.75, 3.05) is 16.4 Å². The Morgan fingerprint density at radius 3 is 2.31 bits per heavy atom. The molecule has 178 valence electrons. The monoisotopic (exact) mass is 487 g/mol. The summed E-state index contributed by atoms with van der Waals surface area (Å²) in [4.78, 5) is 36.1. The number of hydrogen-bond acceptors (Lipinski definition) is 4. The number of rotatable bonds is 8. The molecule has 3 aromatic carbocycles. The smallest absolute Gasteiger partial charge is 0.331 e. The Kier molecular flexibility index (Phi) is 7.22. The van der Waals surface area contributed by atoms with Gasteiger partial charge in [-0.05, 0) is 62.4 Å². The van der Waals surface area contributed by atoms with E-state index in [-0.39, 0.29) is 17.2 Å². The van der Waals surface area contributed by atoms with Crippen LogP contribution in [0.2, 0.25) is 0 Å². The van der Waals surface area contributed by atoms with Gasteiger partial charge >= 0.3 is 5.97 Å². The van der Waals surface area contributed by atoms with E-state index >= 15 is 0 Å². The van der Waals surface area contributed by atoms with Crippen molar-refractivity contribution in [2.45, 2.75) is 25.3 Å². The number of hydrogen-bond donors (Lipinski definition) is 3. The number of para-hydroxylation sites is 1. The number of nitrogens with zero attached hydrogens (tertiary/aromatic N) is 1. The Labute approximate surface area is 206 Å². The summed E-state index contributed by atoms with van der Waals surface area (Å²) >= 11 is 1.39. The molecule has 1 heterocycles. The summed E-state index contributed by atoms with van der Waals surface area (Å²) in [5.41, 5.74) is 3.57. The predicted octanol–water partition coefficient (Wildman–Crippen LogP) is 5.51. The van der Waals surface area contributed by atoms with E-state index in [1.54, 1.807) is 24.3 Å². The van der Waals surface area contributed by atoms with E-state index < -0.39 is 11.9 Å². The Morgan fingerprint density at radius 2 is 1.60 bits per heavy atom. The van der Waals surface area contributed by atoms with E-state index in [0.29, 0.717) is 5.69 Å². The highest BCUT2D eigenvalue weighted by Crippen LogP contribution is 2.31. The number of benzene rings is 3. The van der Waals surface area contributed by atoms with Crippen LogP contribution in [-0.2, 0) is 20.9 Å². The Morgan fingerprint density at radius 1 is 0.914 bits per heavy atom. The number of thioether (sulfide) groups is 1. The molecule has 8 heteroatoms. The molecule has 0 aliphatic heterocycles. The maximum absolute atomic E-state index is 12.6. The lowest BCUT2D eigenvalue weighted by molar-refractivity contribution is -0.132. The molecule has 0 aliphatic rings. The first-order valence-electron chi connectivity index (χ1n) is 11.1. The lowest BCUT2D eigenvalue weighted by Crippen LogP contribution is -2.14. The van der Waals surface area contributed by atoms with Crippen molar-refractivity contribution >= 4 is 62.7 Å². The number of aliphatic carboxylic acids is 1. The molecule has 2 amide bonds. The minimum absolute atomic E-state index is 0.0454. The summed E-state index contributed by atoms with van der Waals surface area (Å²) in [6, 6.07) is 21.3. The number of carbonyl (C=O) groups is 3. The van der Waals surface area contributed by atoms with Crippen molar-refractivity contribution in [2.24, 2.45) is 0 Å². The van der Waals surface area contributed by atoms with Crippen LogP contribution >= 0.6 is 11.8 Å². The van der Waals surface area contributed by atoms with Crippen LogP contribution in [0.5, 0.6) is 0 Å². The number of carboxylic acid groups (broad SMARTS) is 1. The number of aromatic nitrogens is 1. The van der Waals surface area contributed by atoms with Crippen molar-refractivity contribution in [1.82, 2.24) is 4.57 Å². The second kappa shape index (κ2) is 10.5. The predicted molar refractivity (Wildman–Crippen MR) is 141 cm³/mol. The molecule has 0 bridgehead atoms. The zero-order valence-corrected chi connectivity index (χ0v) is 20.2. The van der Waals surface area contributed by atoms with Crippen LogP contribution in [-0.4, -0.2) is 33.2 Å². The van der Waals surface area contributed by atoms with Gasteiger partial charge in [0.1, 0.15) is 0 Å². The van der Waals surface area contributed by atoms with Gasteiger partial charge in [0.25, 0.3) is 0 Å². The summed E-state index contributed by atoms with van der Waals surface area (Å²) in [6.07, 6.45) is 1.03. The molecule has 4 rings (SSSR count). The number of carbonyl (C=O) groups excluding carboxylic acids is 2. The van der Waals surface area contributed by atoms with Crippen LogP contribution in [0.15, 0.2) is 83.3 Å². The van der Waals surface area contributed by atoms with Crippen LogP contribution in [0.25, 0.3) is 21.8 Å². The molecule has 1 aromatic heterocycles. The maximum Gasteiger partial charge on any atom is 0.331 e. The second-order valence-electron chi connectivity index (χ2n) is 7.98. The normalized spacial score (nSPS) is 11.5. The van der Waals surface area contributed by atoms with E-state index in [0.717, 1.165) is 39.5 Å². The van der Waals surface area contributed by atoms with E-state index in [2.05, 4.69) is 34.3 Å². The third kappa shape index (κ3) is 5.55. The lowest BCUT2D eigenvalue weighted by atomic mass is 10.1. The zero-order valence-electron chi connectivity index (χ0n) is 19.4. The van der Waals surface area contributed by atoms with Gasteiger partial charge in [-0.1, -0.05) is 18.2 Å². The van der Waals surface area contributed by atoms with Gasteiger partial charge in [-0.15, -0.1) is 11.8 Å². The SMILES string of the molecule is CCn1c2ccccc2c2cc(NC(=O)CSc3ccc(NC(=O)/C=C(/C)C(=O)O)cc3)ccc21. The number of anilines is 2. The van der Waals surface area contributed by atoms with Gasteiger partial charge in [-0.3, -0.25) is 9.59 Å². The molecule has 7 nitrogen and oxygen atoms in total. The lowest BCUT2D eigenvalue weighted by Gasteiger charge is -2.08. The van der Waals surface area contributed by atoms with Gasteiger partial charge < -0.3 is 20.3 Å². The highest BCUT2D eigenvalue weighted by Gasteiger charge is 2.11. The average molecular weight is 488 g/mol. The van der Waals surface area contributed by atoms with Crippen LogP contribution in [0, 0.1) is 0 Å². The molecule has 0 radical (unpaired) electrons. The van der Waals surface area contributed by atoms with E-state index in [1.807, 2.05) is 30.3 Å². The molecule has 0 fully saturated rings. The molecule has 0 saturated heterocycles. The minimum atomic E-state index is -1.14. The fourth-order valence-electron chi connectivity index (χ4n) is 3.89. The fraction of sp³-hybridized carbons (Fsp3) is 0.148. The summed E-state index contributed by atoms with van der Waals surface area (Å²) < 4.78 is 2.27. The van der Waals surface area contributed by atoms with Crippen molar-refractivity contribution in [3.05, 3.63) is 78.4 Å². The summed E-state index contributed by atoms with van der Waals surface area (Å²) in [7, 11) is 0. The van der Waals surface area contributed by atoms with E-state index in [9.17, 15) is 14.4 Å². The van der Waals surface area contributed by atoms with Gasteiger partial charge in [0.15, 0.2) is 0 Å². The van der Waals surface area contributed by atoms with Crippen LogP contribution < -0.4 is 10.6 Å². The Hall–Kier alpha value is -4.04. The summed E-state index contributed by atoms with van der Waals surface area (Å²) in [5, 5.41) is 16.7. The van der Waals surface area contributed by atoms with Crippen molar-refractivity contribution < 1.29 is 19.5 Å². The molecule has 0 unspecified atom stereocenters. The maximum atomic E-state index is 12.6. The van der Waals surface area contributed by atoms with Crippen LogP contribution in [0.4, 0.5) is 11.4 Å². The first kappa shape index (κ1) is 24.1. The van der Waals surface area contributed by atoms with Gasteiger partial charge in [0, 0.05) is 56.3 Å². The number of fused-ring (bicyclic) bond motifs is 3. The molecule has 0 atom stereocenters. The molecule has 3 N–H and O–H groups in total. The van der Waals surface area contributed by atoms with Crippen LogP contribution in [0.1, 0.15) is 13.8 Å². The van der Waals surface area contributed by atoms with Crippen LogP contribution in [0.3, 0.4) is 0 Å². The fourth-order valence-corrected chi connectivity index (χ4v) is 4.59. The quantitative estimate of drug-likeness (QED) is 0.225. The number of amides is 2. The third-order valence-electron chi connectivity index (χ3n) is 5.55. The van der Waals surface area contributed by atoms with Crippen molar-refractivity contribution in [3.8, 4) is 0 Å². The first-order valence-corrected chi connectivity index (χ1v) is 12.1. The van der Waals surface area contributed by atoms with Gasteiger partial charge in [0.05, 0.1) is 5.75 Å². The average Bonchev–Trinajstić information content (AvgIpc) is 3.16. The minimum Gasteiger partial charge on any atom is -0.478 e. The molecule has 0 spiro atoms. The zero-order chi connectivity index (χ0) is 24.9.